The number of aliphatic imine (C=N–C) groups is 1. The number of benzene rings is 2. The molecule has 0 bridgehead atoms. The molecular weight excluding hydrogens is 289 g/mol. The number of hydrogen-bond donors (Lipinski definition) is 1. The molecule has 2 aromatic rings. The molecule has 0 saturated carbocycles. The van der Waals surface area contributed by atoms with E-state index in [1.54, 1.807) is 12.1 Å². The summed E-state index contributed by atoms with van der Waals surface area (Å²) in [4.78, 5) is 6.29. The normalized spacial score (nSPS) is 21.5. The summed E-state index contributed by atoms with van der Waals surface area (Å²) in [6.45, 7) is 2.60. The van der Waals surface area contributed by atoms with Crippen molar-refractivity contribution in [3.63, 3.8) is 0 Å². The van der Waals surface area contributed by atoms with Gasteiger partial charge in [0.1, 0.15) is 5.82 Å². The van der Waals surface area contributed by atoms with Crippen LogP contribution in [0.25, 0.3) is 0 Å². The first-order valence-corrected chi connectivity index (χ1v) is 7.00. The van der Waals surface area contributed by atoms with Gasteiger partial charge in [0.25, 0.3) is 0 Å². The minimum absolute atomic E-state index is 0.276. The quantitative estimate of drug-likeness (QED) is 0.922. The third kappa shape index (κ3) is 2.36. The van der Waals surface area contributed by atoms with Gasteiger partial charge in [-0.1, -0.05) is 23.7 Å². The molecule has 3 nitrogen and oxygen atoms in total. The summed E-state index contributed by atoms with van der Waals surface area (Å²) in [5.41, 5.74) is 7.51. The fourth-order valence-corrected chi connectivity index (χ4v) is 2.79. The number of nitrogens with two attached hydrogens (primary N) is 1. The van der Waals surface area contributed by atoms with Crippen molar-refractivity contribution in [1.29, 1.82) is 0 Å². The SMILES string of the molecule is CC1(c2ccc(Cl)cc2)CN=C(N)N1c1ccc(F)cc1. The number of guanidine groups is 1. The predicted molar refractivity (Wildman–Crippen MR) is 84.2 cm³/mol. The van der Waals surface area contributed by atoms with Gasteiger partial charge in [0.2, 0.25) is 0 Å². The maximum Gasteiger partial charge on any atom is 0.196 e. The standard InChI is InChI=1S/C16H15ClFN3/c1-16(11-2-4-12(17)5-3-11)10-20-15(19)21(16)14-8-6-13(18)7-9-14/h2-9H,10H2,1H3,(H2,19,20). The molecule has 0 saturated heterocycles. The molecular formula is C16H15ClFN3. The number of rotatable bonds is 2. The van der Waals surface area contributed by atoms with Crippen molar-refractivity contribution in [3.05, 3.63) is 64.9 Å². The van der Waals surface area contributed by atoms with Crippen LogP contribution < -0.4 is 10.6 Å². The van der Waals surface area contributed by atoms with E-state index in [-0.39, 0.29) is 5.82 Å². The highest BCUT2D eigenvalue weighted by atomic mass is 35.5. The molecule has 5 heteroatoms. The fourth-order valence-electron chi connectivity index (χ4n) is 2.67. The van der Waals surface area contributed by atoms with Crippen molar-refractivity contribution in [2.45, 2.75) is 12.5 Å². The molecule has 1 aliphatic rings. The van der Waals surface area contributed by atoms with E-state index >= 15 is 0 Å². The maximum absolute atomic E-state index is 13.1. The molecule has 0 aliphatic carbocycles. The zero-order valence-corrected chi connectivity index (χ0v) is 12.3. The van der Waals surface area contributed by atoms with Crippen LogP contribution in [0.3, 0.4) is 0 Å². The van der Waals surface area contributed by atoms with Crippen LogP contribution in [0.4, 0.5) is 10.1 Å². The van der Waals surface area contributed by atoms with Crippen molar-refractivity contribution in [3.8, 4) is 0 Å². The summed E-state index contributed by atoms with van der Waals surface area (Å²) in [7, 11) is 0. The molecule has 2 N–H and O–H groups in total. The number of nitrogens with zero attached hydrogens (tertiary/aromatic N) is 2. The zero-order valence-electron chi connectivity index (χ0n) is 11.6. The van der Waals surface area contributed by atoms with Gasteiger partial charge in [0.15, 0.2) is 5.96 Å². The second-order valence-electron chi connectivity index (χ2n) is 5.27. The lowest BCUT2D eigenvalue weighted by atomic mass is 9.90. The topological polar surface area (TPSA) is 41.6 Å². The van der Waals surface area contributed by atoms with Crippen LogP contribution >= 0.6 is 11.6 Å². The van der Waals surface area contributed by atoms with Gasteiger partial charge in [-0.3, -0.25) is 4.99 Å². The van der Waals surface area contributed by atoms with E-state index in [1.165, 1.54) is 12.1 Å². The molecule has 0 amide bonds. The Bertz CT molecular complexity index is 682. The second-order valence-corrected chi connectivity index (χ2v) is 5.70. The van der Waals surface area contributed by atoms with E-state index < -0.39 is 5.54 Å². The summed E-state index contributed by atoms with van der Waals surface area (Å²) >= 11 is 5.95. The van der Waals surface area contributed by atoms with Crippen molar-refractivity contribution >= 4 is 23.2 Å². The lowest BCUT2D eigenvalue weighted by Gasteiger charge is -2.36. The first kappa shape index (κ1) is 13.9. The first-order valence-electron chi connectivity index (χ1n) is 6.62. The van der Waals surface area contributed by atoms with Crippen LogP contribution in [0.1, 0.15) is 12.5 Å². The fraction of sp³-hybridized carbons (Fsp3) is 0.188. The van der Waals surface area contributed by atoms with E-state index in [9.17, 15) is 4.39 Å². The molecule has 1 aliphatic heterocycles. The van der Waals surface area contributed by atoms with E-state index in [0.29, 0.717) is 17.5 Å². The predicted octanol–water partition coefficient (Wildman–Crippen LogP) is 3.53. The summed E-state index contributed by atoms with van der Waals surface area (Å²) in [6, 6.07) is 13.9. The molecule has 0 fully saturated rings. The lowest BCUT2D eigenvalue weighted by molar-refractivity contribution is 0.532. The lowest BCUT2D eigenvalue weighted by Crippen LogP contribution is -2.47. The van der Waals surface area contributed by atoms with Crippen LogP contribution in [0, 0.1) is 5.82 Å². The highest BCUT2D eigenvalue weighted by Gasteiger charge is 2.40. The molecule has 108 valence electrons. The molecule has 2 aromatic carbocycles. The van der Waals surface area contributed by atoms with Crippen molar-refractivity contribution < 1.29 is 4.39 Å². The Labute approximate surface area is 127 Å². The minimum atomic E-state index is -0.410. The summed E-state index contributed by atoms with van der Waals surface area (Å²) in [5, 5.41) is 0.683. The monoisotopic (exact) mass is 303 g/mol. The Balaban J connectivity index is 2.05. The van der Waals surface area contributed by atoms with E-state index in [2.05, 4.69) is 11.9 Å². The Hall–Kier alpha value is -2.07. The number of hydrogen-bond acceptors (Lipinski definition) is 3. The zero-order chi connectivity index (χ0) is 15.0. The van der Waals surface area contributed by atoms with E-state index in [0.717, 1.165) is 11.3 Å². The van der Waals surface area contributed by atoms with Crippen molar-refractivity contribution in [2.24, 2.45) is 10.7 Å². The van der Waals surface area contributed by atoms with Gasteiger partial charge in [-0.2, -0.15) is 0 Å². The Morgan fingerprint density at radius 1 is 1.14 bits per heavy atom. The maximum atomic E-state index is 13.1. The van der Waals surface area contributed by atoms with Gasteiger partial charge < -0.3 is 10.6 Å². The Morgan fingerprint density at radius 3 is 2.38 bits per heavy atom. The molecule has 3 rings (SSSR count). The summed E-state index contributed by atoms with van der Waals surface area (Å²) in [5.74, 6) is 0.153. The Morgan fingerprint density at radius 2 is 1.76 bits per heavy atom. The smallest absolute Gasteiger partial charge is 0.196 e. The minimum Gasteiger partial charge on any atom is -0.369 e. The molecule has 21 heavy (non-hydrogen) atoms. The summed E-state index contributed by atoms with van der Waals surface area (Å²) in [6.07, 6.45) is 0. The van der Waals surface area contributed by atoms with Crippen LogP contribution in [0.15, 0.2) is 53.5 Å². The van der Waals surface area contributed by atoms with Gasteiger partial charge in [0.05, 0.1) is 12.1 Å². The molecule has 0 spiro atoms. The molecule has 1 unspecified atom stereocenters. The third-order valence-electron chi connectivity index (χ3n) is 3.82. The highest BCUT2D eigenvalue weighted by molar-refractivity contribution is 6.30. The number of halogens is 2. The number of anilines is 1. The van der Waals surface area contributed by atoms with Crippen LogP contribution in [-0.2, 0) is 5.54 Å². The van der Waals surface area contributed by atoms with Gasteiger partial charge in [-0.05, 0) is 48.9 Å². The average Bonchev–Trinajstić information content (AvgIpc) is 2.78. The van der Waals surface area contributed by atoms with Crippen molar-refractivity contribution in [1.82, 2.24) is 0 Å². The van der Waals surface area contributed by atoms with Crippen LogP contribution in [0.2, 0.25) is 5.02 Å². The average molecular weight is 304 g/mol. The largest absolute Gasteiger partial charge is 0.369 e. The van der Waals surface area contributed by atoms with E-state index in [1.807, 2.05) is 29.2 Å². The molecule has 1 heterocycles. The third-order valence-corrected chi connectivity index (χ3v) is 4.07. The van der Waals surface area contributed by atoms with Gasteiger partial charge in [0, 0.05) is 10.7 Å². The van der Waals surface area contributed by atoms with Crippen molar-refractivity contribution in [2.75, 3.05) is 11.4 Å². The van der Waals surface area contributed by atoms with E-state index in [4.69, 9.17) is 17.3 Å². The van der Waals surface area contributed by atoms with Gasteiger partial charge in [-0.15, -0.1) is 0 Å². The van der Waals surface area contributed by atoms with Gasteiger partial charge >= 0.3 is 0 Å². The molecule has 1 atom stereocenters. The Kier molecular flexibility index (Phi) is 3.33. The highest BCUT2D eigenvalue weighted by Crippen LogP contribution is 2.37. The second kappa shape index (κ2) is 5.04. The first-order chi connectivity index (χ1) is 10.0. The van der Waals surface area contributed by atoms with Gasteiger partial charge in [-0.25, -0.2) is 4.39 Å². The van der Waals surface area contributed by atoms with Crippen LogP contribution in [-0.4, -0.2) is 12.5 Å². The molecule has 0 aromatic heterocycles. The molecule has 0 radical (unpaired) electrons. The van der Waals surface area contributed by atoms with Crippen LogP contribution in [0.5, 0.6) is 0 Å². The summed E-state index contributed by atoms with van der Waals surface area (Å²) < 4.78 is 13.1.